The molecule has 9 heteroatoms. The summed E-state index contributed by atoms with van der Waals surface area (Å²) in [6, 6.07) is 14.0. The summed E-state index contributed by atoms with van der Waals surface area (Å²) in [5, 5.41) is 2.93. The third-order valence-corrected chi connectivity index (χ3v) is 6.01. The van der Waals surface area contributed by atoms with Crippen LogP contribution in [0.3, 0.4) is 0 Å². The average Bonchev–Trinajstić information content (AvgIpc) is 3.16. The highest BCUT2D eigenvalue weighted by Crippen LogP contribution is 2.27. The van der Waals surface area contributed by atoms with Crippen molar-refractivity contribution in [3.05, 3.63) is 75.4 Å². The Bertz CT molecular complexity index is 1300. The molecule has 0 fully saturated rings. The molecule has 2 aromatic heterocycles. The van der Waals surface area contributed by atoms with E-state index < -0.39 is 11.7 Å². The zero-order valence-electron chi connectivity index (χ0n) is 15.8. The Labute approximate surface area is 183 Å². The number of H-pyrrole nitrogens is 1. The van der Waals surface area contributed by atoms with Crippen LogP contribution in [0.1, 0.15) is 0 Å². The lowest BCUT2D eigenvalue weighted by Gasteiger charge is -2.09. The summed E-state index contributed by atoms with van der Waals surface area (Å²) in [4.78, 5) is 32.6. The molecule has 0 unspecified atom stereocenters. The first-order chi connectivity index (χ1) is 14.4. The molecule has 0 saturated heterocycles. The van der Waals surface area contributed by atoms with E-state index in [0.717, 1.165) is 22.9 Å². The summed E-state index contributed by atoms with van der Waals surface area (Å²) in [5.41, 5.74) is 2.56. The summed E-state index contributed by atoms with van der Waals surface area (Å²) in [6.45, 7) is 0. The van der Waals surface area contributed by atoms with Crippen molar-refractivity contribution in [3.8, 4) is 11.1 Å². The van der Waals surface area contributed by atoms with Crippen molar-refractivity contribution >= 4 is 50.3 Å². The molecule has 0 atom stereocenters. The van der Waals surface area contributed by atoms with E-state index in [1.807, 2.05) is 30.3 Å². The molecule has 30 heavy (non-hydrogen) atoms. The van der Waals surface area contributed by atoms with Crippen molar-refractivity contribution in [2.24, 2.45) is 7.05 Å². The maximum atomic E-state index is 13.9. The van der Waals surface area contributed by atoms with Gasteiger partial charge in [-0.15, -0.1) is 0 Å². The van der Waals surface area contributed by atoms with Gasteiger partial charge in [0.1, 0.15) is 16.9 Å². The number of nitrogens with zero attached hydrogens (tertiary/aromatic N) is 2. The Morgan fingerprint density at radius 1 is 1.27 bits per heavy atom. The minimum absolute atomic E-state index is 0.0214. The third-order valence-electron chi connectivity index (χ3n) is 4.49. The van der Waals surface area contributed by atoms with Gasteiger partial charge < -0.3 is 10.3 Å². The lowest BCUT2D eigenvalue weighted by molar-refractivity contribution is -0.113. The zero-order chi connectivity index (χ0) is 21.3. The molecule has 4 rings (SSSR count). The number of halogens is 2. The molecule has 2 aromatic carbocycles. The van der Waals surface area contributed by atoms with Gasteiger partial charge in [-0.1, -0.05) is 58.0 Å². The second kappa shape index (κ2) is 8.45. The molecule has 0 saturated carbocycles. The number of anilines is 1. The van der Waals surface area contributed by atoms with E-state index in [1.54, 1.807) is 19.3 Å². The molecular formula is C21H16BrFN4O2S. The van der Waals surface area contributed by atoms with Crippen LogP contribution in [0.25, 0.3) is 22.2 Å². The molecule has 0 aliphatic rings. The van der Waals surface area contributed by atoms with Gasteiger partial charge in [-0.3, -0.25) is 14.2 Å². The minimum Gasteiger partial charge on any atom is -0.355 e. The Morgan fingerprint density at radius 3 is 2.77 bits per heavy atom. The lowest BCUT2D eigenvalue weighted by Crippen LogP contribution is -2.21. The molecule has 0 aliphatic heterocycles. The molecule has 152 valence electrons. The predicted octanol–water partition coefficient (Wildman–Crippen LogP) is 4.56. The van der Waals surface area contributed by atoms with Crippen LogP contribution in [0.5, 0.6) is 0 Å². The highest BCUT2D eigenvalue weighted by molar-refractivity contribution is 9.10. The quantitative estimate of drug-likeness (QED) is 0.320. The van der Waals surface area contributed by atoms with Gasteiger partial charge in [0.25, 0.3) is 5.56 Å². The van der Waals surface area contributed by atoms with Crippen LogP contribution in [-0.4, -0.2) is 26.2 Å². The van der Waals surface area contributed by atoms with Gasteiger partial charge in [0.05, 0.1) is 11.4 Å². The zero-order valence-corrected chi connectivity index (χ0v) is 18.2. The summed E-state index contributed by atoms with van der Waals surface area (Å²) < 4.78 is 15.9. The number of rotatable bonds is 5. The Morgan fingerprint density at radius 2 is 2.03 bits per heavy atom. The SMILES string of the molecule is Cn1c(SCC(=O)Nc2ccc(Br)cc2F)nc2c(-c3ccccc3)c[nH]c2c1=O. The second-order valence-electron chi connectivity index (χ2n) is 6.51. The molecule has 0 aliphatic carbocycles. The number of hydrogen-bond donors (Lipinski definition) is 2. The van der Waals surface area contributed by atoms with Crippen LogP contribution in [0, 0.1) is 5.82 Å². The molecule has 2 N–H and O–H groups in total. The summed E-state index contributed by atoms with van der Waals surface area (Å²) >= 11 is 4.29. The van der Waals surface area contributed by atoms with Crippen molar-refractivity contribution in [2.45, 2.75) is 5.16 Å². The van der Waals surface area contributed by atoms with Crippen molar-refractivity contribution in [1.29, 1.82) is 0 Å². The number of aromatic nitrogens is 3. The van der Waals surface area contributed by atoms with Gasteiger partial charge in [-0.05, 0) is 23.8 Å². The first-order valence-electron chi connectivity index (χ1n) is 8.95. The maximum Gasteiger partial charge on any atom is 0.278 e. The van der Waals surface area contributed by atoms with Crippen molar-refractivity contribution in [2.75, 3.05) is 11.1 Å². The van der Waals surface area contributed by atoms with E-state index in [1.165, 1.54) is 16.7 Å². The van der Waals surface area contributed by atoms with Gasteiger partial charge in [0.2, 0.25) is 5.91 Å². The number of hydrogen-bond acceptors (Lipinski definition) is 4. The Hall–Kier alpha value is -2.91. The summed E-state index contributed by atoms with van der Waals surface area (Å²) in [7, 11) is 1.60. The summed E-state index contributed by atoms with van der Waals surface area (Å²) in [6.07, 6.45) is 1.76. The van der Waals surface area contributed by atoms with Gasteiger partial charge in [-0.25, -0.2) is 9.37 Å². The molecule has 6 nitrogen and oxygen atoms in total. The fourth-order valence-corrected chi connectivity index (χ4v) is 4.09. The fourth-order valence-electron chi connectivity index (χ4n) is 2.99. The number of aromatic amines is 1. The number of benzene rings is 2. The van der Waals surface area contributed by atoms with Crippen molar-refractivity contribution in [3.63, 3.8) is 0 Å². The first-order valence-corrected chi connectivity index (χ1v) is 10.7. The second-order valence-corrected chi connectivity index (χ2v) is 8.37. The maximum absolute atomic E-state index is 13.9. The number of nitrogens with one attached hydrogen (secondary N) is 2. The lowest BCUT2D eigenvalue weighted by atomic mass is 10.1. The van der Waals surface area contributed by atoms with E-state index in [4.69, 9.17) is 0 Å². The van der Waals surface area contributed by atoms with E-state index in [-0.39, 0.29) is 17.0 Å². The smallest absolute Gasteiger partial charge is 0.278 e. The molecule has 2 heterocycles. The minimum atomic E-state index is -0.533. The van der Waals surface area contributed by atoms with Crippen molar-refractivity contribution < 1.29 is 9.18 Å². The molecule has 0 bridgehead atoms. The molecular weight excluding hydrogens is 471 g/mol. The van der Waals surface area contributed by atoms with Crippen LogP contribution in [0.4, 0.5) is 10.1 Å². The highest BCUT2D eigenvalue weighted by atomic mass is 79.9. The number of carbonyl (C=O) groups excluding carboxylic acids is 1. The van der Waals surface area contributed by atoms with Crippen LogP contribution < -0.4 is 10.9 Å². The van der Waals surface area contributed by atoms with Gasteiger partial charge in [0, 0.05) is 23.3 Å². The fraction of sp³-hybridized carbons (Fsp3) is 0.0952. The van der Waals surface area contributed by atoms with E-state index in [2.05, 4.69) is 31.2 Å². The first kappa shape index (κ1) is 20.4. The number of amides is 1. The van der Waals surface area contributed by atoms with Gasteiger partial charge in [-0.2, -0.15) is 0 Å². The van der Waals surface area contributed by atoms with Crippen LogP contribution >= 0.6 is 27.7 Å². The molecule has 0 spiro atoms. The molecule has 1 amide bonds. The molecule has 0 radical (unpaired) electrons. The monoisotopic (exact) mass is 486 g/mol. The number of carbonyl (C=O) groups is 1. The van der Waals surface area contributed by atoms with Crippen LogP contribution in [-0.2, 0) is 11.8 Å². The number of thioether (sulfide) groups is 1. The van der Waals surface area contributed by atoms with Crippen LogP contribution in [0.2, 0.25) is 0 Å². The van der Waals surface area contributed by atoms with E-state index in [9.17, 15) is 14.0 Å². The summed E-state index contributed by atoms with van der Waals surface area (Å²) in [5.74, 6) is -0.950. The van der Waals surface area contributed by atoms with Gasteiger partial charge in [0.15, 0.2) is 5.16 Å². The van der Waals surface area contributed by atoms with E-state index in [0.29, 0.717) is 20.7 Å². The normalized spacial score (nSPS) is 11.0. The largest absolute Gasteiger partial charge is 0.355 e. The number of fused-ring (bicyclic) bond motifs is 1. The standard InChI is InChI=1S/C21H16BrFN4O2S/c1-27-20(29)19-18(14(10-24-19)12-5-3-2-4-6-12)26-21(27)30-11-17(28)25-16-8-7-13(22)9-15(16)23/h2-10,24H,11H2,1H3,(H,25,28). The Balaban J connectivity index is 1.59. The molecule has 4 aromatic rings. The highest BCUT2D eigenvalue weighted by Gasteiger charge is 2.16. The van der Waals surface area contributed by atoms with Gasteiger partial charge >= 0.3 is 0 Å². The predicted molar refractivity (Wildman–Crippen MR) is 120 cm³/mol. The van der Waals surface area contributed by atoms with Crippen molar-refractivity contribution in [1.82, 2.24) is 14.5 Å². The Kier molecular flexibility index (Phi) is 5.74. The topological polar surface area (TPSA) is 79.8 Å². The third kappa shape index (κ3) is 4.03. The van der Waals surface area contributed by atoms with E-state index >= 15 is 0 Å². The van der Waals surface area contributed by atoms with Crippen LogP contribution in [0.15, 0.2) is 69.2 Å². The average molecular weight is 487 g/mol.